The number of aromatic nitrogens is 3. The molecule has 25 heavy (non-hydrogen) atoms. The van der Waals surface area contributed by atoms with Crippen LogP contribution in [-0.4, -0.2) is 27.6 Å². The molecule has 3 heterocycles. The molecule has 0 radical (unpaired) electrons. The van der Waals surface area contributed by atoms with Crippen molar-refractivity contribution in [3.63, 3.8) is 0 Å². The summed E-state index contributed by atoms with van der Waals surface area (Å²) in [5.41, 5.74) is 1.00. The lowest BCUT2D eigenvalue weighted by atomic mass is 10.2. The SMILES string of the molecule is O=C(NCc1noc(C2CCCO2)n1)c1coc(-c2ccccc2)n1. The van der Waals surface area contributed by atoms with E-state index in [9.17, 15) is 4.79 Å². The Morgan fingerprint density at radius 1 is 1.24 bits per heavy atom. The van der Waals surface area contributed by atoms with E-state index in [1.807, 2.05) is 30.3 Å². The first-order valence-corrected chi connectivity index (χ1v) is 8.03. The molecule has 1 amide bonds. The number of nitrogens with one attached hydrogen (secondary N) is 1. The molecular formula is C17H16N4O4. The van der Waals surface area contributed by atoms with Gasteiger partial charge in [0.25, 0.3) is 11.8 Å². The van der Waals surface area contributed by atoms with E-state index in [4.69, 9.17) is 13.7 Å². The lowest BCUT2D eigenvalue weighted by molar-refractivity contribution is 0.0835. The average Bonchev–Trinajstić information content (AvgIpc) is 3.41. The third-order valence-electron chi connectivity index (χ3n) is 3.85. The minimum absolute atomic E-state index is 0.138. The van der Waals surface area contributed by atoms with Gasteiger partial charge in [0.2, 0.25) is 5.89 Å². The number of ether oxygens (including phenoxy) is 1. The smallest absolute Gasteiger partial charge is 0.273 e. The number of benzene rings is 1. The summed E-state index contributed by atoms with van der Waals surface area (Å²) in [5, 5.41) is 6.55. The summed E-state index contributed by atoms with van der Waals surface area (Å²) < 4.78 is 16.0. The molecule has 8 heteroatoms. The number of hydrogen-bond donors (Lipinski definition) is 1. The summed E-state index contributed by atoms with van der Waals surface area (Å²) in [7, 11) is 0. The maximum Gasteiger partial charge on any atom is 0.273 e. The Labute approximate surface area is 143 Å². The highest BCUT2D eigenvalue weighted by Gasteiger charge is 2.24. The van der Waals surface area contributed by atoms with Crippen LogP contribution in [-0.2, 0) is 11.3 Å². The van der Waals surface area contributed by atoms with Gasteiger partial charge in [-0.25, -0.2) is 4.98 Å². The fourth-order valence-electron chi connectivity index (χ4n) is 2.58. The third kappa shape index (κ3) is 3.43. The molecule has 1 aliphatic rings. The predicted octanol–water partition coefficient (Wildman–Crippen LogP) is 2.51. The zero-order chi connectivity index (χ0) is 17.1. The molecule has 0 aliphatic carbocycles. The largest absolute Gasteiger partial charge is 0.444 e. The molecule has 4 rings (SSSR count). The molecule has 1 unspecified atom stereocenters. The molecule has 3 aromatic rings. The summed E-state index contributed by atoms with van der Waals surface area (Å²) >= 11 is 0. The zero-order valence-corrected chi connectivity index (χ0v) is 13.3. The van der Waals surface area contributed by atoms with Crippen molar-refractivity contribution in [2.45, 2.75) is 25.5 Å². The van der Waals surface area contributed by atoms with Crippen molar-refractivity contribution < 1.29 is 18.5 Å². The number of rotatable bonds is 5. The van der Waals surface area contributed by atoms with Crippen molar-refractivity contribution in [1.82, 2.24) is 20.4 Å². The molecule has 1 aromatic carbocycles. The zero-order valence-electron chi connectivity index (χ0n) is 13.3. The molecule has 0 saturated carbocycles. The Hall–Kier alpha value is -3.00. The molecule has 1 N–H and O–H groups in total. The van der Waals surface area contributed by atoms with Crippen LogP contribution in [0.2, 0.25) is 0 Å². The number of carbonyl (C=O) groups is 1. The van der Waals surface area contributed by atoms with Gasteiger partial charge in [-0.3, -0.25) is 4.79 Å². The van der Waals surface area contributed by atoms with E-state index in [0.717, 1.165) is 18.4 Å². The molecule has 1 saturated heterocycles. The Bertz CT molecular complexity index is 852. The maximum absolute atomic E-state index is 12.2. The van der Waals surface area contributed by atoms with Crippen molar-refractivity contribution in [2.75, 3.05) is 6.61 Å². The topological polar surface area (TPSA) is 103 Å². The van der Waals surface area contributed by atoms with Crippen molar-refractivity contribution in [3.05, 3.63) is 54.0 Å². The van der Waals surface area contributed by atoms with Gasteiger partial charge in [0.1, 0.15) is 12.4 Å². The second-order valence-corrected chi connectivity index (χ2v) is 5.64. The minimum atomic E-state index is -0.366. The first-order valence-electron chi connectivity index (χ1n) is 8.03. The fourth-order valence-corrected chi connectivity index (χ4v) is 2.58. The van der Waals surface area contributed by atoms with Gasteiger partial charge < -0.3 is 19.0 Å². The van der Waals surface area contributed by atoms with Crippen LogP contribution in [0.25, 0.3) is 11.5 Å². The molecule has 8 nitrogen and oxygen atoms in total. The molecule has 2 aromatic heterocycles. The normalized spacial score (nSPS) is 16.9. The van der Waals surface area contributed by atoms with E-state index in [1.54, 1.807) is 0 Å². The van der Waals surface area contributed by atoms with Crippen molar-refractivity contribution >= 4 is 5.91 Å². The van der Waals surface area contributed by atoms with Gasteiger partial charge in [-0.05, 0) is 25.0 Å². The van der Waals surface area contributed by atoms with Crippen LogP contribution in [0.3, 0.4) is 0 Å². The average molecular weight is 340 g/mol. The number of oxazole rings is 1. The van der Waals surface area contributed by atoms with Gasteiger partial charge >= 0.3 is 0 Å². The second kappa shape index (κ2) is 6.86. The second-order valence-electron chi connectivity index (χ2n) is 5.64. The lowest BCUT2D eigenvalue weighted by Crippen LogP contribution is -2.23. The summed E-state index contributed by atoms with van der Waals surface area (Å²) in [6.07, 6.45) is 3.04. The Morgan fingerprint density at radius 3 is 2.92 bits per heavy atom. The monoisotopic (exact) mass is 340 g/mol. The quantitative estimate of drug-likeness (QED) is 0.761. The summed E-state index contributed by atoms with van der Waals surface area (Å²) in [5.74, 6) is 0.876. The van der Waals surface area contributed by atoms with Crippen LogP contribution in [0.4, 0.5) is 0 Å². The van der Waals surface area contributed by atoms with Gasteiger partial charge in [0, 0.05) is 12.2 Å². The number of amides is 1. The highest BCUT2D eigenvalue weighted by atomic mass is 16.5. The Morgan fingerprint density at radius 2 is 2.12 bits per heavy atom. The maximum atomic E-state index is 12.2. The van der Waals surface area contributed by atoms with Crippen LogP contribution in [0, 0.1) is 0 Å². The summed E-state index contributed by atoms with van der Waals surface area (Å²) in [6.45, 7) is 0.845. The van der Waals surface area contributed by atoms with E-state index >= 15 is 0 Å². The Balaban J connectivity index is 1.37. The van der Waals surface area contributed by atoms with Crippen LogP contribution in [0.15, 0.2) is 45.5 Å². The van der Waals surface area contributed by atoms with E-state index < -0.39 is 0 Å². The highest BCUT2D eigenvalue weighted by molar-refractivity contribution is 5.92. The van der Waals surface area contributed by atoms with E-state index in [2.05, 4.69) is 20.4 Å². The van der Waals surface area contributed by atoms with Crippen molar-refractivity contribution in [2.24, 2.45) is 0 Å². The third-order valence-corrected chi connectivity index (χ3v) is 3.85. The van der Waals surface area contributed by atoms with Crippen molar-refractivity contribution in [3.8, 4) is 11.5 Å². The number of hydrogen-bond acceptors (Lipinski definition) is 7. The van der Waals surface area contributed by atoms with Gasteiger partial charge in [0.15, 0.2) is 11.5 Å². The molecule has 1 atom stereocenters. The predicted molar refractivity (Wildman–Crippen MR) is 85.3 cm³/mol. The lowest BCUT2D eigenvalue weighted by Gasteiger charge is -2.00. The van der Waals surface area contributed by atoms with Crippen LogP contribution in [0.5, 0.6) is 0 Å². The summed E-state index contributed by atoms with van der Waals surface area (Å²) in [4.78, 5) is 20.6. The van der Waals surface area contributed by atoms with Crippen LogP contribution < -0.4 is 5.32 Å². The van der Waals surface area contributed by atoms with Gasteiger partial charge in [-0.2, -0.15) is 4.98 Å². The Kier molecular flexibility index (Phi) is 4.26. The molecule has 1 fully saturated rings. The van der Waals surface area contributed by atoms with Crippen LogP contribution >= 0.6 is 0 Å². The standard InChI is InChI=1S/C17H16N4O4/c22-15(12-10-24-16(19-12)11-5-2-1-3-6-11)18-9-14-20-17(25-21-14)13-7-4-8-23-13/h1-3,5-6,10,13H,4,7-9H2,(H,18,22). The molecule has 0 bridgehead atoms. The molecule has 1 aliphatic heterocycles. The van der Waals surface area contributed by atoms with Gasteiger partial charge in [-0.15, -0.1) is 0 Å². The van der Waals surface area contributed by atoms with E-state index in [0.29, 0.717) is 24.2 Å². The van der Waals surface area contributed by atoms with Crippen LogP contribution in [0.1, 0.15) is 41.1 Å². The molecular weight excluding hydrogens is 324 g/mol. The molecule has 0 spiro atoms. The van der Waals surface area contributed by atoms with E-state index in [1.165, 1.54) is 6.26 Å². The van der Waals surface area contributed by atoms with Gasteiger partial charge in [-0.1, -0.05) is 23.4 Å². The first-order chi connectivity index (χ1) is 12.3. The fraction of sp³-hybridized carbons (Fsp3) is 0.294. The molecule has 128 valence electrons. The number of carbonyl (C=O) groups excluding carboxylic acids is 1. The first kappa shape index (κ1) is 15.5. The van der Waals surface area contributed by atoms with Gasteiger partial charge in [0.05, 0.1) is 6.54 Å². The highest BCUT2D eigenvalue weighted by Crippen LogP contribution is 2.26. The van der Waals surface area contributed by atoms with E-state index in [-0.39, 0.29) is 24.2 Å². The minimum Gasteiger partial charge on any atom is -0.444 e. The summed E-state index contributed by atoms with van der Waals surface area (Å²) in [6, 6.07) is 9.37. The number of nitrogens with zero attached hydrogens (tertiary/aromatic N) is 3. The van der Waals surface area contributed by atoms with Crippen molar-refractivity contribution in [1.29, 1.82) is 0 Å².